The lowest BCUT2D eigenvalue weighted by Crippen LogP contribution is -2.19. The highest BCUT2D eigenvalue weighted by atomic mass is 35.5. The number of fused-ring (bicyclic) bond motifs is 2. The van der Waals surface area contributed by atoms with Gasteiger partial charge in [-0.15, -0.1) is 0 Å². The average molecular weight is 500 g/mol. The Labute approximate surface area is 201 Å². The third-order valence-corrected chi connectivity index (χ3v) is 7.86. The summed E-state index contributed by atoms with van der Waals surface area (Å²) in [6.45, 7) is 0. The van der Waals surface area contributed by atoms with Crippen LogP contribution in [-0.4, -0.2) is 18.4 Å². The molecule has 1 heterocycles. The molecule has 4 aromatic rings. The van der Waals surface area contributed by atoms with Crippen LogP contribution in [0.15, 0.2) is 71.6 Å². The molecule has 0 saturated heterocycles. The van der Waals surface area contributed by atoms with Crippen molar-refractivity contribution in [2.75, 3.05) is 4.72 Å². The molecule has 0 amide bonds. The maximum Gasteiger partial charge on any atom is 0.264 e. The van der Waals surface area contributed by atoms with Gasteiger partial charge in [0.25, 0.3) is 15.9 Å². The van der Waals surface area contributed by atoms with Gasteiger partial charge in [-0.2, -0.15) is 0 Å². The number of nitrogens with one attached hydrogen (secondary N) is 1. The van der Waals surface area contributed by atoms with E-state index < -0.39 is 10.0 Å². The van der Waals surface area contributed by atoms with E-state index in [4.69, 9.17) is 27.9 Å². The number of para-hydroxylation sites is 2. The lowest BCUT2D eigenvalue weighted by atomic mass is 9.89. The first-order valence-corrected chi connectivity index (χ1v) is 12.6. The van der Waals surface area contributed by atoms with E-state index >= 15 is 0 Å². The molecule has 33 heavy (non-hydrogen) atoms. The summed E-state index contributed by atoms with van der Waals surface area (Å²) in [7, 11) is -4.11. The van der Waals surface area contributed by atoms with Crippen LogP contribution in [0.2, 0.25) is 10.0 Å². The van der Waals surface area contributed by atoms with Crippen LogP contribution in [0.1, 0.15) is 30.1 Å². The molecular formula is C24H19Cl2N3O3S. The SMILES string of the molecule is O=S(=O)(Nc1nc2ccccc2nc1OC1CCCc2ccccc21)c1cccc(Cl)c1Cl. The molecule has 1 N–H and O–H groups in total. The number of nitrogens with zero attached hydrogens (tertiary/aromatic N) is 2. The number of hydrogen-bond acceptors (Lipinski definition) is 5. The average Bonchev–Trinajstić information content (AvgIpc) is 2.81. The Bertz CT molecular complexity index is 1460. The molecule has 5 rings (SSSR count). The zero-order chi connectivity index (χ0) is 23.0. The summed E-state index contributed by atoms with van der Waals surface area (Å²) in [5, 5.41) is 0.0727. The smallest absolute Gasteiger partial charge is 0.264 e. The molecule has 1 unspecified atom stereocenters. The predicted octanol–water partition coefficient (Wildman–Crippen LogP) is 6.19. The first-order chi connectivity index (χ1) is 15.9. The van der Waals surface area contributed by atoms with Crippen molar-refractivity contribution in [1.82, 2.24) is 9.97 Å². The number of aromatic nitrogens is 2. The van der Waals surface area contributed by atoms with Crippen molar-refractivity contribution in [1.29, 1.82) is 0 Å². The normalized spacial score (nSPS) is 15.8. The molecule has 0 aliphatic heterocycles. The van der Waals surface area contributed by atoms with Crippen LogP contribution in [0.3, 0.4) is 0 Å². The molecule has 0 saturated carbocycles. The Morgan fingerprint density at radius 2 is 1.64 bits per heavy atom. The van der Waals surface area contributed by atoms with E-state index in [2.05, 4.69) is 20.8 Å². The van der Waals surface area contributed by atoms with Crippen LogP contribution in [0.5, 0.6) is 5.88 Å². The number of halogens is 2. The van der Waals surface area contributed by atoms with Gasteiger partial charge in [0.15, 0.2) is 0 Å². The van der Waals surface area contributed by atoms with E-state index in [-0.39, 0.29) is 32.7 Å². The molecule has 0 spiro atoms. The third kappa shape index (κ3) is 4.36. The molecule has 1 aromatic heterocycles. The van der Waals surface area contributed by atoms with Crippen molar-refractivity contribution >= 4 is 50.1 Å². The highest BCUT2D eigenvalue weighted by molar-refractivity contribution is 7.92. The highest BCUT2D eigenvalue weighted by Gasteiger charge is 2.27. The zero-order valence-corrected chi connectivity index (χ0v) is 19.7. The second-order valence-corrected chi connectivity index (χ2v) is 10.2. The van der Waals surface area contributed by atoms with E-state index in [0.717, 1.165) is 24.8 Å². The molecule has 0 bridgehead atoms. The van der Waals surface area contributed by atoms with Crippen molar-refractivity contribution in [3.8, 4) is 5.88 Å². The second-order valence-electron chi connectivity index (χ2n) is 7.72. The van der Waals surface area contributed by atoms with Crippen LogP contribution >= 0.6 is 23.2 Å². The quantitative estimate of drug-likeness (QED) is 0.353. The molecule has 1 aliphatic carbocycles. The summed E-state index contributed by atoms with van der Waals surface area (Å²) in [5.41, 5.74) is 3.42. The van der Waals surface area contributed by atoms with Gasteiger partial charge in [0.2, 0.25) is 5.82 Å². The van der Waals surface area contributed by atoms with Gasteiger partial charge >= 0.3 is 0 Å². The summed E-state index contributed by atoms with van der Waals surface area (Å²) >= 11 is 12.2. The Hall–Kier alpha value is -2.87. The molecule has 0 fully saturated rings. The standard InChI is InChI=1S/C24H19Cl2N3O3S/c25-17-10-6-14-21(22(17)26)33(30,31)29-23-24(28-19-12-4-3-11-18(19)27-23)32-20-13-5-8-15-7-1-2-9-16(15)20/h1-4,6-7,9-12,14,20H,5,8,13H2,(H,27,29). The van der Waals surface area contributed by atoms with Crippen LogP contribution < -0.4 is 9.46 Å². The first-order valence-electron chi connectivity index (χ1n) is 10.4. The number of rotatable bonds is 5. The van der Waals surface area contributed by atoms with Crippen molar-refractivity contribution in [3.63, 3.8) is 0 Å². The van der Waals surface area contributed by atoms with Crippen LogP contribution in [0.25, 0.3) is 11.0 Å². The Morgan fingerprint density at radius 3 is 2.45 bits per heavy atom. The monoisotopic (exact) mass is 499 g/mol. The van der Waals surface area contributed by atoms with E-state index in [1.807, 2.05) is 24.3 Å². The number of hydrogen-bond donors (Lipinski definition) is 1. The fourth-order valence-corrected chi connectivity index (χ4v) is 5.74. The van der Waals surface area contributed by atoms with E-state index in [0.29, 0.717) is 11.0 Å². The molecule has 1 atom stereocenters. The van der Waals surface area contributed by atoms with E-state index in [9.17, 15) is 8.42 Å². The number of ether oxygens (including phenoxy) is 1. The summed E-state index contributed by atoms with van der Waals surface area (Å²) in [6, 6.07) is 19.7. The van der Waals surface area contributed by atoms with Crippen LogP contribution in [-0.2, 0) is 16.4 Å². The topological polar surface area (TPSA) is 81.2 Å². The van der Waals surface area contributed by atoms with Crippen LogP contribution in [0.4, 0.5) is 5.82 Å². The predicted molar refractivity (Wildman–Crippen MR) is 130 cm³/mol. The van der Waals surface area contributed by atoms with Gasteiger partial charge in [0, 0.05) is 0 Å². The summed E-state index contributed by atoms with van der Waals surface area (Å²) in [6.07, 6.45) is 2.47. The largest absolute Gasteiger partial charge is 0.467 e. The van der Waals surface area contributed by atoms with E-state index in [1.54, 1.807) is 18.2 Å². The summed E-state index contributed by atoms with van der Waals surface area (Å²) < 4.78 is 35.2. The lowest BCUT2D eigenvalue weighted by molar-refractivity contribution is 0.177. The lowest BCUT2D eigenvalue weighted by Gasteiger charge is -2.26. The zero-order valence-electron chi connectivity index (χ0n) is 17.3. The number of anilines is 1. The number of benzene rings is 3. The summed E-state index contributed by atoms with van der Waals surface area (Å²) in [4.78, 5) is 8.94. The molecule has 6 nitrogen and oxygen atoms in total. The van der Waals surface area contributed by atoms with Crippen LogP contribution in [0, 0.1) is 0 Å². The van der Waals surface area contributed by atoms with Gasteiger partial charge < -0.3 is 4.74 Å². The van der Waals surface area contributed by atoms with Gasteiger partial charge in [-0.25, -0.2) is 18.4 Å². The molecule has 1 aliphatic rings. The first kappa shape index (κ1) is 21.9. The maximum atomic E-state index is 13.2. The van der Waals surface area contributed by atoms with Crippen molar-refractivity contribution in [2.24, 2.45) is 0 Å². The van der Waals surface area contributed by atoms with E-state index in [1.165, 1.54) is 23.8 Å². The second kappa shape index (κ2) is 8.82. The molecule has 9 heteroatoms. The Morgan fingerprint density at radius 1 is 0.909 bits per heavy atom. The van der Waals surface area contributed by atoms with Crippen molar-refractivity contribution < 1.29 is 13.2 Å². The van der Waals surface area contributed by atoms with Gasteiger partial charge in [0.1, 0.15) is 11.0 Å². The minimum absolute atomic E-state index is 0.00667. The maximum absolute atomic E-state index is 13.2. The third-order valence-electron chi connectivity index (χ3n) is 5.54. The molecule has 168 valence electrons. The fraction of sp³-hybridized carbons (Fsp3) is 0.167. The van der Waals surface area contributed by atoms with Gasteiger partial charge in [-0.1, -0.05) is 65.7 Å². The number of sulfonamides is 1. The number of aryl methyl sites for hydroxylation is 1. The highest BCUT2D eigenvalue weighted by Crippen LogP contribution is 2.37. The minimum Gasteiger partial charge on any atom is -0.467 e. The van der Waals surface area contributed by atoms with Crippen molar-refractivity contribution in [3.05, 3.63) is 87.9 Å². The molecular weight excluding hydrogens is 481 g/mol. The molecule has 0 radical (unpaired) electrons. The van der Waals surface area contributed by atoms with Gasteiger partial charge in [0.05, 0.1) is 21.1 Å². The summed E-state index contributed by atoms with van der Waals surface area (Å²) in [5.74, 6) is 0.102. The molecule has 3 aromatic carbocycles. The van der Waals surface area contributed by atoms with Crippen molar-refractivity contribution in [2.45, 2.75) is 30.3 Å². The fourth-order valence-electron chi connectivity index (χ4n) is 3.97. The Balaban J connectivity index is 1.57. The minimum atomic E-state index is -4.11. The van der Waals surface area contributed by atoms with Gasteiger partial charge in [-0.05, 0) is 54.7 Å². The Kier molecular flexibility index (Phi) is 5.86. The van der Waals surface area contributed by atoms with Gasteiger partial charge in [-0.3, -0.25) is 4.72 Å².